The van der Waals surface area contributed by atoms with E-state index in [1.807, 2.05) is 30.3 Å². The number of hydrazine groups is 1. The van der Waals surface area contributed by atoms with Crippen LogP contribution in [-0.2, 0) is 0 Å². The Labute approximate surface area is 149 Å². The summed E-state index contributed by atoms with van der Waals surface area (Å²) in [5.41, 5.74) is 6.73. The quantitative estimate of drug-likeness (QED) is 0.437. The molecule has 2 aromatic carbocycles. The molecule has 0 atom stereocenters. The lowest BCUT2D eigenvalue weighted by atomic mass is 10.3. The van der Waals surface area contributed by atoms with Crippen LogP contribution in [0.25, 0.3) is 0 Å². The summed E-state index contributed by atoms with van der Waals surface area (Å²) < 4.78 is 5.09. The van der Waals surface area contributed by atoms with E-state index in [-0.39, 0.29) is 17.3 Å². The maximum Gasteiger partial charge on any atom is 0.355 e. The Bertz CT molecular complexity index is 887. The lowest BCUT2D eigenvalue weighted by Crippen LogP contribution is -2.13. The number of nitro groups is 1. The zero-order valence-electron chi connectivity index (χ0n) is 13.8. The largest absolute Gasteiger partial charge is 0.497 e. The molecule has 0 amide bonds. The number of hydrogen-bond donors (Lipinski definition) is 3. The molecule has 0 unspecified atom stereocenters. The molecule has 0 aliphatic rings. The van der Waals surface area contributed by atoms with Gasteiger partial charge in [-0.2, -0.15) is 0 Å². The van der Waals surface area contributed by atoms with E-state index in [4.69, 9.17) is 4.74 Å². The standard InChI is InChI=1S/C17H16N6O3/c1-26-14-9-7-12(8-10-14)20-16-15(23(24)25)17(19-11-18-16)22-21-13-5-3-2-4-6-13/h2-11,21H,1H3,(H2,18,19,20,22). The molecule has 3 N–H and O–H groups in total. The SMILES string of the molecule is COc1ccc(Nc2ncnc(NNc3ccccc3)c2[N+](=O)[O-])cc1. The smallest absolute Gasteiger partial charge is 0.355 e. The summed E-state index contributed by atoms with van der Waals surface area (Å²) in [4.78, 5) is 19.0. The van der Waals surface area contributed by atoms with Gasteiger partial charge in [0.1, 0.15) is 12.1 Å². The van der Waals surface area contributed by atoms with E-state index >= 15 is 0 Å². The van der Waals surface area contributed by atoms with E-state index in [9.17, 15) is 10.1 Å². The van der Waals surface area contributed by atoms with E-state index in [1.165, 1.54) is 6.33 Å². The number of ether oxygens (including phenoxy) is 1. The van der Waals surface area contributed by atoms with E-state index in [2.05, 4.69) is 26.1 Å². The summed E-state index contributed by atoms with van der Waals surface area (Å²) in [5, 5.41) is 14.5. The molecule has 0 saturated heterocycles. The highest BCUT2D eigenvalue weighted by atomic mass is 16.6. The highest BCUT2D eigenvalue weighted by Crippen LogP contribution is 2.31. The fraction of sp³-hybridized carbons (Fsp3) is 0.0588. The van der Waals surface area contributed by atoms with Gasteiger partial charge in [-0.05, 0) is 36.4 Å². The van der Waals surface area contributed by atoms with Crippen molar-refractivity contribution < 1.29 is 9.66 Å². The molecular formula is C17H16N6O3. The first-order valence-corrected chi connectivity index (χ1v) is 7.65. The Morgan fingerprint density at radius 2 is 1.62 bits per heavy atom. The molecule has 26 heavy (non-hydrogen) atoms. The topological polar surface area (TPSA) is 114 Å². The third kappa shape index (κ3) is 3.96. The van der Waals surface area contributed by atoms with Crippen LogP contribution in [0.1, 0.15) is 0 Å². The van der Waals surface area contributed by atoms with Gasteiger partial charge < -0.3 is 10.1 Å². The van der Waals surface area contributed by atoms with E-state index in [0.29, 0.717) is 11.4 Å². The number of hydrogen-bond acceptors (Lipinski definition) is 8. The summed E-state index contributed by atoms with van der Waals surface area (Å²) >= 11 is 0. The number of anilines is 4. The molecule has 0 saturated carbocycles. The van der Waals surface area contributed by atoms with E-state index in [1.54, 1.807) is 31.4 Å². The van der Waals surface area contributed by atoms with Crippen molar-refractivity contribution >= 4 is 28.7 Å². The van der Waals surface area contributed by atoms with E-state index in [0.717, 1.165) is 5.69 Å². The van der Waals surface area contributed by atoms with Crippen LogP contribution in [0.3, 0.4) is 0 Å². The van der Waals surface area contributed by atoms with Gasteiger partial charge in [-0.15, -0.1) is 0 Å². The molecule has 0 radical (unpaired) electrons. The molecule has 1 aromatic heterocycles. The lowest BCUT2D eigenvalue weighted by Gasteiger charge is -2.11. The van der Waals surface area contributed by atoms with Crippen molar-refractivity contribution in [3.63, 3.8) is 0 Å². The first kappa shape index (κ1) is 17.0. The second-order valence-electron chi connectivity index (χ2n) is 5.15. The van der Waals surface area contributed by atoms with Crippen molar-refractivity contribution in [1.29, 1.82) is 0 Å². The van der Waals surface area contributed by atoms with Gasteiger partial charge in [-0.25, -0.2) is 9.97 Å². The van der Waals surface area contributed by atoms with Gasteiger partial charge in [0.05, 0.1) is 17.7 Å². The molecule has 3 aromatic rings. The van der Waals surface area contributed by atoms with Crippen LogP contribution >= 0.6 is 0 Å². The summed E-state index contributed by atoms with van der Waals surface area (Å²) in [6, 6.07) is 16.1. The molecule has 132 valence electrons. The Balaban J connectivity index is 1.84. The van der Waals surface area contributed by atoms with Crippen molar-refractivity contribution in [1.82, 2.24) is 9.97 Å². The molecule has 9 heteroatoms. The summed E-state index contributed by atoms with van der Waals surface area (Å²) in [7, 11) is 1.56. The molecule has 0 bridgehead atoms. The number of nitrogens with one attached hydrogen (secondary N) is 3. The number of rotatable bonds is 7. The molecular weight excluding hydrogens is 336 g/mol. The van der Waals surface area contributed by atoms with Crippen molar-refractivity contribution in [2.75, 3.05) is 23.3 Å². The fourth-order valence-electron chi connectivity index (χ4n) is 2.20. The minimum atomic E-state index is -0.541. The predicted molar refractivity (Wildman–Crippen MR) is 98.7 cm³/mol. The number of para-hydroxylation sites is 1. The van der Waals surface area contributed by atoms with Gasteiger partial charge in [0.25, 0.3) is 0 Å². The Hall–Kier alpha value is -3.88. The molecule has 0 aliphatic heterocycles. The highest BCUT2D eigenvalue weighted by molar-refractivity contribution is 5.74. The zero-order chi connectivity index (χ0) is 18.4. The molecule has 9 nitrogen and oxygen atoms in total. The van der Waals surface area contributed by atoms with Crippen LogP contribution in [0.4, 0.5) is 28.7 Å². The summed E-state index contributed by atoms with van der Waals surface area (Å²) in [6.45, 7) is 0. The van der Waals surface area contributed by atoms with Crippen LogP contribution in [0.2, 0.25) is 0 Å². The van der Waals surface area contributed by atoms with Crippen molar-refractivity contribution in [3.05, 3.63) is 71.0 Å². The fourth-order valence-corrected chi connectivity index (χ4v) is 2.20. The first-order valence-electron chi connectivity index (χ1n) is 7.65. The van der Waals surface area contributed by atoms with Gasteiger partial charge in [-0.1, -0.05) is 18.2 Å². The Kier molecular flexibility index (Phi) is 5.08. The lowest BCUT2D eigenvalue weighted by molar-refractivity contribution is -0.383. The van der Waals surface area contributed by atoms with Crippen LogP contribution in [-0.4, -0.2) is 22.0 Å². The molecule has 0 aliphatic carbocycles. The molecule has 3 rings (SSSR count). The van der Waals surface area contributed by atoms with Crippen LogP contribution in [0, 0.1) is 10.1 Å². The second kappa shape index (κ2) is 7.79. The average molecular weight is 352 g/mol. The zero-order valence-corrected chi connectivity index (χ0v) is 13.8. The van der Waals surface area contributed by atoms with E-state index < -0.39 is 4.92 Å². The first-order chi connectivity index (χ1) is 12.7. The minimum Gasteiger partial charge on any atom is -0.497 e. The number of nitrogens with zero attached hydrogens (tertiary/aromatic N) is 3. The monoisotopic (exact) mass is 352 g/mol. The van der Waals surface area contributed by atoms with Crippen LogP contribution < -0.4 is 20.9 Å². The number of methoxy groups -OCH3 is 1. The summed E-state index contributed by atoms with van der Waals surface area (Å²) in [6.07, 6.45) is 1.24. The minimum absolute atomic E-state index is 0.0462. The second-order valence-corrected chi connectivity index (χ2v) is 5.15. The van der Waals surface area contributed by atoms with Gasteiger partial charge in [-0.3, -0.25) is 21.0 Å². The van der Waals surface area contributed by atoms with Crippen molar-refractivity contribution in [2.24, 2.45) is 0 Å². The molecule has 0 fully saturated rings. The molecule has 0 spiro atoms. The van der Waals surface area contributed by atoms with Crippen molar-refractivity contribution in [2.45, 2.75) is 0 Å². The predicted octanol–water partition coefficient (Wildman–Crippen LogP) is 3.58. The third-order valence-corrected chi connectivity index (χ3v) is 3.46. The average Bonchev–Trinajstić information content (AvgIpc) is 2.67. The Morgan fingerprint density at radius 3 is 2.27 bits per heavy atom. The normalized spacial score (nSPS) is 10.0. The highest BCUT2D eigenvalue weighted by Gasteiger charge is 2.23. The third-order valence-electron chi connectivity index (χ3n) is 3.46. The van der Waals surface area contributed by atoms with Gasteiger partial charge in [0.2, 0.25) is 11.6 Å². The molecule has 1 heterocycles. The Morgan fingerprint density at radius 1 is 0.923 bits per heavy atom. The van der Waals surface area contributed by atoms with Gasteiger partial charge >= 0.3 is 5.69 Å². The van der Waals surface area contributed by atoms with Crippen LogP contribution in [0.15, 0.2) is 60.9 Å². The number of benzene rings is 2. The maximum absolute atomic E-state index is 11.5. The van der Waals surface area contributed by atoms with Crippen LogP contribution in [0.5, 0.6) is 5.75 Å². The van der Waals surface area contributed by atoms with Crippen molar-refractivity contribution in [3.8, 4) is 5.75 Å². The maximum atomic E-state index is 11.5. The van der Waals surface area contributed by atoms with Gasteiger partial charge in [0.15, 0.2) is 0 Å². The number of aromatic nitrogens is 2. The van der Waals surface area contributed by atoms with Gasteiger partial charge in [0, 0.05) is 5.69 Å². The summed E-state index contributed by atoms with van der Waals surface area (Å²) in [5.74, 6) is 0.805.